The average Bonchev–Trinajstić information content (AvgIpc) is 2.74. The first-order chi connectivity index (χ1) is 14.2. The van der Waals surface area contributed by atoms with Crippen LogP contribution in [0.25, 0.3) is 0 Å². The number of phenols is 1. The van der Waals surface area contributed by atoms with Gasteiger partial charge in [-0.3, -0.25) is 4.79 Å². The second kappa shape index (κ2) is 8.51. The summed E-state index contributed by atoms with van der Waals surface area (Å²) in [5.74, 6) is -0.634. The number of nitrogens with one attached hydrogen (secondary N) is 1. The van der Waals surface area contributed by atoms with Gasteiger partial charge in [-0.2, -0.15) is 5.10 Å². The molecule has 3 N–H and O–H groups in total. The molecule has 30 heavy (non-hydrogen) atoms. The molecular formula is C25H26N2O3. The molecule has 0 aromatic heterocycles. The number of carbonyl (C=O) groups is 1. The van der Waals surface area contributed by atoms with Crippen LogP contribution in [0.1, 0.15) is 43.0 Å². The fraction of sp³-hybridized carbons (Fsp3) is 0.200. The van der Waals surface area contributed by atoms with E-state index >= 15 is 0 Å². The molecule has 0 atom stereocenters. The van der Waals surface area contributed by atoms with E-state index in [1.54, 1.807) is 54.6 Å². The number of rotatable bonds is 5. The summed E-state index contributed by atoms with van der Waals surface area (Å²) < 4.78 is 0. The van der Waals surface area contributed by atoms with Crippen LogP contribution in [-0.4, -0.2) is 22.3 Å². The highest BCUT2D eigenvalue weighted by molar-refractivity contribution is 5.91. The van der Waals surface area contributed by atoms with Crippen molar-refractivity contribution in [3.8, 4) is 5.75 Å². The smallest absolute Gasteiger partial charge is 0.281 e. The summed E-state index contributed by atoms with van der Waals surface area (Å²) in [7, 11) is 0. The number of aliphatic hydroxyl groups is 1. The van der Waals surface area contributed by atoms with Crippen LogP contribution in [-0.2, 0) is 15.8 Å². The molecule has 0 unspecified atom stereocenters. The van der Waals surface area contributed by atoms with E-state index in [9.17, 15) is 15.0 Å². The lowest BCUT2D eigenvalue weighted by molar-refractivity contribution is -0.136. The van der Waals surface area contributed by atoms with Crippen molar-refractivity contribution in [1.29, 1.82) is 0 Å². The zero-order chi connectivity index (χ0) is 21.8. The molecule has 0 aliphatic carbocycles. The fourth-order valence-corrected chi connectivity index (χ4v) is 3.15. The summed E-state index contributed by atoms with van der Waals surface area (Å²) >= 11 is 0. The summed E-state index contributed by atoms with van der Waals surface area (Å²) in [4.78, 5) is 13.0. The maximum absolute atomic E-state index is 13.0. The third-order valence-electron chi connectivity index (χ3n) is 4.98. The predicted molar refractivity (Wildman–Crippen MR) is 118 cm³/mol. The van der Waals surface area contributed by atoms with Crippen molar-refractivity contribution in [1.82, 2.24) is 5.43 Å². The van der Waals surface area contributed by atoms with E-state index in [1.807, 2.05) is 24.3 Å². The van der Waals surface area contributed by atoms with E-state index in [0.29, 0.717) is 16.7 Å². The molecule has 0 aliphatic rings. The minimum atomic E-state index is -1.91. The second-order valence-corrected chi connectivity index (χ2v) is 8.17. The molecule has 3 rings (SSSR count). The van der Waals surface area contributed by atoms with Crippen molar-refractivity contribution in [2.45, 2.75) is 31.8 Å². The van der Waals surface area contributed by atoms with E-state index in [1.165, 1.54) is 6.21 Å². The number of nitrogens with zero attached hydrogens (tertiary/aromatic N) is 1. The SMILES string of the molecule is CC(C)(C)c1ccc(O)c(/C=N/NC(=O)C(O)(c2ccccc2)c2ccccc2)c1. The maximum atomic E-state index is 13.0. The number of hydrazone groups is 1. The Morgan fingerprint density at radius 1 is 0.867 bits per heavy atom. The van der Waals surface area contributed by atoms with Gasteiger partial charge < -0.3 is 10.2 Å². The van der Waals surface area contributed by atoms with Gasteiger partial charge in [0.05, 0.1) is 6.21 Å². The third kappa shape index (κ3) is 4.42. The van der Waals surface area contributed by atoms with Crippen LogP contribution in [0.3, 0.4) is 0 Å². The third-order valence-corrected chi connectivity index (χ3v) is 4.98. The van der Waals surface area contributed by atoms with Crippen LogP contribution < -0.4 is 5.43 Å². The number of hydrogen-bond donors (Lipinski definition) is 3. The van der Waals surface area contributed by atoms with Crippen LogP contribution in [0, 0.1) is 0 Å². The van der Waals surface area contributed by atoms with Gasteiger partial charge in [-0.15, -0.1) is 0 Å². The van der Waals surface area contributed by atoms with E-state index in [0.717, 1.165) is 5.56 Å². The summed E-state index contributed by atoms with van der Waals surface area (Å²) in [5, 5.41) is 25.5. The van der Waals surface area contributed by atoms with Crippen molar-refractivity contribution < 1.29 is 15.0 Å². The van der Waals surface area contributed by atoms with Crippen LogP contribution in [0.5, 0.6) is 5.75 Å². The molecular weight excluding hydrogens is 376 g/mol. The summed E-state index contributed by atoms with van der Waals surface area (Å²) in [6.07, 6.45) is 1.37. The van der Waals surface area contributed by atoms with Gasteiger partial charge >= 0.3 is 0 Å². The lowest BCUT2D eigenvalue weighted by Gasteiger charge is -2.27. The van der Waals surface area contributed by atoms with Crippen molar-refractivity contribution in [2.75, 3.05) is 0 Å². The summed E-state index contributed by atoms with van der Waals surface area (Å²) in [6, 6.07) is 22.7. The highest BCUT2D eigenvalue weighted by atomic mass is 16.3. The fourth-order valence-electron chi connectivity index (χ4n) is 3.15. The Labute approximate surface area is 176 Å². The van der Waals surface area contributed by atoms with Crippen LogP contribution in [0.15, 0.2) is 84.0 Å². The molecule has 1 amide bonds. The van der Waals surface area contributed by atoms with E-state index in [-0.39, 0.29) is 11.2 Å². The molecule has 5 heteroatoms. The molecule has 5 nitrogen and oxygen atoms in total. The first-order valence-corrected chi connectivity index (χ1v) is 9.73. The molecule has 154 valence electrons. The zero-order valence-electron chi connectivity index (χ0n) is 17.3. The Morgan fingerprint density at radius 3 is 1.90 bits per heavy atom. The van der Waals surface area contributed by atoms with E-state index < -0.39 is 11.5 Å². The quantitative estimate of drug-likeness (QED) is 0.444. The lowest BCUT2D eigenvalue weighted by Crippen LogP contribution is -2.43. The number of benzene rings is 3. The van der Waals surface area contributed by atoms with Crippen LogP contribution in [0.4, 0.5) is 0 Å². The van der Waals surface area contributed by atoms with Crippen LogP contribution >= 0.6 is 0 Å². The summed E-state index contributed by atoms with van der Waals surface area (Å²) in [5.41, 5.74) is 2.79. The molecule has 0 saturated heterocycles. The number of hydrogen-bond acceptors (Lipinski definition) is 4. The van der Waals surface area contributed by atoms with Crippen LogP contribution in [0.2, 0.25) is 0 Å². The first kappa shape index (κ1) is 21.3. The number of amides is 1. The average molecular weight is 402 g/mol. The van der Waals surface area contributed by atoms with Gasteiger partial charge in [0.2, 0.25) is 0 Å². The Bertz CT molecular complexity index is 999. The Kier molecular flexibility index (Phi) is 6.04. The minimum Gasteiger partial charge on any atom is -0.507 e. The molecule has 3 aromatic carbocycles. The maximum Gasteiger partial charge on any atom is 0.281 e. The monoisotopic (exact) mass is 402 g/mol. The van der Waals surface area contributed by atoms with Crippen molar-refractivity contribution >= 4 is 12.1 Å². The van der Waals surface area contributed by atoms with Gasteiger partial charge in [-0.05, 0) is 34.2 Å². The summed E-state index contributed by atoms with van der Waals surface area (Å²) in [6.45, 7) is 6.21. The topological polar surface area (TPSA) is 81.9 Å². The standard InChI is InChI=1S/C25H26N2O3/c1-24(2,3)21-14-15-22(28)18(16-21)17-26-27-23(29)25(30,19-10-6-4-7-11-19)20-12-8-5-9-13-20/h4-17,28,30H,1-3H3,(H,27,29)/b26-17+. The normalized spacial score (nSPS) is 12.1. The van der Waals surface area contributed by atoms with Gasteiger partial charge in [0.25, 0.3) is 5.91 Å². The van der Waals surface area contributed by atoms with Gasteiger partial charge in [0, 0.05) is 5.56 Å². The number of aromatic hydroxyl groups is 1. The molecule has 0 radical (unpaired) electrons. The van der Waals surface area contributed by atoms with E-state index in [4.69, 9.17) is 0 Å². The van der Waals surface area contributed by atoms with Crippen molar-refractivity contribution in [3.05, 3.63) is 101 Å². The highest BCUT2D eigenvalue weighted by Crippen LogP contribution is 2.30. The largest absolute Gasteiger partial charge is 0.507 e. The highest BCUT2D eigenvalue weighted by Gasteiger charge is 2.39. The van der Waals surface area contributed by atoms with Crippen molar-refractivity contribution in [2.24, 2.45) is 5.10 Å². The molecule has 0 spiro atoms. The zero-order valence-corrected chi connectivity index (χ0v) is 17.3. The van der Waals surface area contributed by atoms with E-state index in [2.05, 4.69) is 31.3 Å². The van der Waals surface area contributed by atoms with Crippen molar-refractivity contribution in [3.63, 3.8) is 0 Å². The molecule has 3 aromatic rings. The van der Waals surface area contributed by atoms with Gasteiger partial charge in [0.15, 0.2) is 5.60 Å². The number of phenolic OH excluding ortho intramolecular Hbond substituents is 1. The Hall–Kier alpha value is -3.44. The molecule has 0 saturated carbocycles. The molecule has 0 fully saturated rings. The first-order valence-electron chi connectivity index (χ1n) is 9.73. The predicted octanol–water partition coefficient (Wildman–Crippen LogP) is 4.08. The number of carbonyl (C=O) groups excluding carboxylic acids is 1. The lowest BCUT2D eigenvalue weighted by atomic mass is 9.85. The Morgan fingerprint density at radius 2 is 1.40 bits per heavy atom. The van der Waals surface area contributed by atoms with Gasteiger partial charge in [-0.25, -0.2) is 5.43 Å². The minimum absolute atomic E-state index is 0.0578. The van der Waals surface area contributed by atoms with Gasteiger partial charge in [0.1, 0.15) is 5.75 Å². The Balaban J connectivity index is 1.90. The van der Waals surface area contributed by atoms with Gasteiger partial charge in [-0.1, -0.05) is 87.5 Å². The second-order valence-electron chi connectivity index (χ2n) is 8.17. The molecule has 0 aliphatic heterocycles. The molecule has 0 bridgehead atoms. The molecule has 0 heterocycles.